The number of hydrogen-bond acceptors (Lipinski definition) is 2. The quantitative estimate of drug-likeness (QED) is 0.659. The first-order chi connectivity index (χ1) is 15.0. The Labute approximate surface area is 186 Å². The predicted molar refractivity (Wildman–Crippen MR) is 123 cm³/mol. The van der Waals surface area contributed by atoms with E-state index in [2.05, 4.69) is 43.4 Å². The van der Waals surface area contributed by atoms with Crippen LogP contribution in [0.25, 0.3) is 0 Å². The summed E-state index contributed by atoms with van der Waals surface area (Å²) in [6.07, 6.45) is 12.3. The molecule has 2 aliphatic carbocycles. The van der Waals surface area contributed by atoms with Crippen molar-refractivity contribution < 1.29 is 9.18 Å². The van der Waals surface area contributed by atoms with Crippen LogP contribution in [0.3, 0.4) is 0 Å². The molecule has 0 radical (unpaired) electrons. The van der Waals surface area contributed by atoms with E-state index in [-0.39, 0.29) is 23.9 Å². The number of carbonyl (C=O) groups is 1. The standard InChI is InChI=1S/C26H36FN3O/c1-4-5-6-18-7-12-24-20(15-18)13-14-30(25(24)19-8-10-21(27)11-9-19)26(31)28-22-16-23(17-22)29(2)3/h7-12,18,22-23,25H,4-6,13-17H2,1-3H3,(H,28,31)/t18?,22-,23+,25-/m0/s1. The summed E-state index contributed by atoms with van der Waals surface area (Å²) in [7, 11) is 4.18. The highest BCUT2D eigenvalue weighted by molar-refractivity contribution is 5.76. The second kappa shape index (κ2) is 9.56. The summed E-state index contributed by atoms with van der Waals surface area (Å²) in [5.74, 6) is 0.360. The second-order valence-corrected chi connectivity index (χ2v) is 9.66. The van der Waals surface area contributed by atoms with Crippen molar-refractivity contribution in [1.82, 2.24) is 15.1 Å². The van der Waals surface area contributed by atoms with Crippen LogP contribution in [0.1, 0.15) is 63.5 Å². The maximum Gasteiger partial charge on any atom is 0.318 e. The zero-order chi connectivity index (χ0) is 22.0. The molecule has 2 atom stereocenters. The minimum Gasteiger partial charge on any atom is -0.335 e. The molecule has 4 rings (SSSR count). The lowest BCUT2D eigenvalue weighted by molar-refractivity contribution is 0.130. The molecule has 1 aromatic carbocycles. The summed E-state index contributed by atoms with van der Waals surface area (Å²) >= 11 is 0. The summed E-state index contributed by atoms with van der Waals surface area (Å²) < 4.78 is 13.6. The second-order valence-electron chi connectivity index (χ2n) is 9.66. The highest BCUT2D eigenvalue weighted by atomic mass is 19.1. The number of urea groups is 1. The Hall–Kier alpha value is -2.14. The van der Waals surface area contributed by atoms with Crippen LogP contribution in [-0.2, 0) is 0 Å². The zero-order valence-corrected chi connectivity index (χ0v) is 19.1. The monoisotopic (exact) mass is 425 g/mol. The van der Waals surface area contributed by atoms with Crippen molar-refractivity contribution in [3.05, 3.63) is 58.9 Å². The molecule has 1 unspecified atom stereocenters. The molecule has 31 heavy (non-hydrogen) atoms. The molecular formula is C26H36FN3O. The number of rotatable bonds is 6. The van der Waals surface area contributed by atoms with E-state index in [1.54, 1.807) is 0 Å². The molecule has 5 heteroatoms. The minimum atomic E-state index is -0.243. The van der Waals surface area contributed by atoms with Crippen molar-refractivity contribution in [3.8, 4) is 0 Å². The summed E-state index contributed by atoms with van der Waals surface area (Å²) in [4.78, 5) is 17.5. The van der Waals surface area contributed by atoms with E-state index in [4.69, 9.17) is 0 Å². The summed E-state index contributed by atoms with van der Waals surface area (Å²) in [6, 6.07) is 7.33. The molecule has 1 heterocycles. The van der Waals surface area contributed by atoms with Crippen molar-refractivity contribution in [1.29, 1.82) is 0 Å². The minimum absolute atomic E-state index is 0.00425. The van der Waals surface area contributed by atoms with Gasteiger partial charge in [-0.2, -0.15) is 0 Å². The lowest BCUT2D eigenvalue weighted by Gasteiger charge is -2.44. The maximum absolute atomic E-state index is 13.6. The van der Waals surface area contributed by atoms with Gasteiger partial charge in [-0.15, -0.1) is 0 Å². The van der Waals surface area contributed by atoms with Gasteiger partial charge in [-0.05, 0) is 75.4 Å². The first-order valence-electron chi connectivity index (χ1n) is 11.9. The third-order valence-electron chi connectivity index (χ3n) is 7.27. The van der Waals surface area contributed by atoms with Crippen LogP contribution in [0.2, 0.25) is 0 Å². The normalized spacial score (nSPS) is 27.8. The number of unbranched alkanes of at least 4 members (excludes halogenated alkanes) is 1. The Morgan fingerprint density at radius 1 is 1.23 bits per heavy atom. The number of amides is 2. The first kappa shape index (κ1) is 22.1. The van der Waals surface area contributed by atoms with Crippen molar-refractivity contribution in [2.45, 2.75) is 70.0 Å². The molecule has 3 aliphatic rings. The molecule has 0 spiro atoms. The van der Waals surface area contributed by atoms with Crippen molar-refractivity contribution >= 4 is 6.03 Å². The highest BCUT2D eigenvalue weighted by Gasteiger charge is 2.37. The van der Waals surface area contributed by atoms with Crippen LogP contribution in [-0.4, -0.2) is 48.6 Å². The third-order valence-corrected chi connectivity index (χ3v) is 7.27. The van der Waals surface area contributed by atoms with E-state index in [1.807, 2.05) is 17.0 Å². The summed E-state index contributed by atoms with van der Waals surface area (Å²) in [6.45, 7) is 2.95. The van der Waals surface area contributed by atoms with Crippen LogP contribution in [0, 0.1) is 11.7 Å². The van der Waals surface area contributed by atoms with Gasteiger partial charge in [0.15, 0.2) is 0 Å². The average molecular weight is 426 g/mol. The predicted octanol–water partition coefficient (Wildman–Crippen LogP) is 5.44. The van der Waals surface area contributed by atoms with Gasteiger partial charge in [0.25, 0.3) is 0 Å². The van der Waals surface area contributed by atoms with E-state index in [0.29, 0.717) is 18.5 Å². The molecule has 1 aliphatic heterocycles. The Morgan fingerprint density at radius 3 is 2.65 bits per heavy atom. The molecule has 168 valence electrons. The number of carbonyl (C=O) groups excluding carboxylic acids is 1. The average Bonchev–Trinajstić information content (AvgIpc) is 2.73. The first-order valence-corrected chi connectivity index (χ1v) is 11.9. The number of allylic oxidation sites excluding steroid dienone is 1. The fourth-order valence-corrected chi connectivity index (χ4v) is 5.22. The Balaban J connectivity index is 1.53. The van der Waals surface area contributed by atoms with Crippen LogP contribution in [0.4, 0.5) is 9.18 Å². The smallest absolute Gasteiger partial charge is 0.318 e. The van der Waals surface area contributed by atoms with E-state index >= 15 is 0 Å². The van der Waals surface area contributed by atoms with E-state index in [9.17, 15) is 9.18 Å². The molecule has 0 bridgehead atoms. The van der Waals surface area contributed by atoms with Gasteiger partial charge in [-0.3, -0.25) is 0 Å². The topological polar surface area (TPSA) is 35.6 Å². The van der Waals surface area contributed by atoms with E-state index < -0.39 is 0 Å². The Bertz CT molecular complexity index is 839. The van der Waals surface area contributed by atoms with Crippen molar-refractivity contribution in [2.75, 3.05) is 20.6 Å². The summed E-state index contributed by atoms with van der Waals surface area (Å²) in [5.41, 5.74) is 3.69. The Morgan fingerprint density at radius 2 is 1.97 bits per heavy atom. The zero-order valence-electron chi connectivity index (χ0n) is 19.1. The Kier molecular flexibility index (Phi) is 6.80. The molecule has 1 N–H and O–H groups in total. The lowest BCUT2D eigenvalue weighted by Crippen LogP contribution is -2.56. The molecule has 1 aromatic rings. The van der Waals surface area contributed by atoms with Crippen LogP contribution in [0.15, 0.2) is 47.6 Å². The fraction of sp³-hybridized carbons (Fsp3) is 0.577. The van der Waals surface area contributed by atoms with Gasteiger partial charge < -0.3 is 15.1 Å². The fourth-order valence-electron chi connectivity index (χ4n) is 5.22. The van der Waals surface area contributed by atoms with Gasteiger partial charge in [0.2, 0.25) is 0 Å². The molecule has 0 aromatic heterocycles. The molecule has 1 fully saturated rings. The SMILES string of the molecule is CCCCC1C=CC2=C(CCN(C(=O)N[C@H]3C[C@@H](N(C)C)C3)[C@H]2c2ccc(F)cc2)C1. The van der Waals surface area contributed by atoms with Crippen LogP contribution < -0.4 is 5.32 Å². The van der Waals surface area contributed by atoms with E-state index in [0.717, 1.165) is 31.2 Å². The third kappa shape index (κ3) is 4.87. The maximum atomic E-state index is 13.6. The lowest BCUT2D eigenvalue weighted by atomic mass is 9.79. The summed E-state index contributed by atoms with van der Waals surface area (Å²) in [5, 5.41) is 3.25. The molecule has 0 saturated heterocycles. The number of nitrogens with one attached hydrogen (secondary N) is 1. The van der Waals surface area contributed by atoms with Gasteiger partial charge >= 0.3 is 6.03 Å². The van der Waals surface area contributed by atoms with Gasteiger partial charge in [0, 0.05) is 18.6 Å². The van der Waals surface area contributed by atoms with Gasteiger partial charge in [0.1, 0.15) is 5.82 Å². The number of hydrogen-bond donors (Lipinski definition) is 1. The van der Waals surface area contributed by atoms with E-state index in [1.165, 1.54) is 42.5 Å². The number of benzene rings is 1. The molecule has 4 nitrogen and oxygen atoms in total. The molecular weight excluding hydrogens is 389 g/mol. The van der Waals surface area contributed by atoms with Gasteiger partial charge in [-0.1, -0.05) is 49.6 Å². The number of halogens is 1. The van der Waals surface area contributed by atoms with Crippen molar-refractivity contribution in [3.63, 3.8) is 0 Å². The van der Waals surface area contributed by atoms with Gasteiger partial charge in [0.05, 0.1) is 6.04 Å². The highest BCUT2D eigenvalue weighted by Crippen LogP contribution is 2.42. The largest absolute Gasteiger partial charge is 0.335 e. The molecule has 2 amide bonds. The molecule has 1 saturated carbocycles. The van der Waals surface area contributed by atoms with Crippen LogP contribution in [0.5, 0.6) is 0 Å². The van der Waals surface area contributed by atoms with Crippen LogP contribution >= 0.6 is 0 Å². The number of nitrogens with zero attached hydrogens (tertiary/aromatic N) is 2. The van der Waals surface area contributed by atoms with Crippen molar-refractivity contribution in [2.24, 2.45) is 5.92 Å². The van der Waals surface area contributed by atoms with Gasteiger partial charge in [-0.25, -0.2) is 9.18 Å².